The number of halogens is 1. The molecule has 4 nitrogen and oxygen atoms in total. The Morgan fingerprint density at radius 1 is 1.40 bits per heavy atom. The van der Waals surface area contributed by atoms with Gasteiger partial charge in [-0.25, -0.2) is 4.98 Å². The van der Waals surface area contributed by atoms with Crippen molar-refractivity contribution >= 4 is 33.7 Å². The molecule has 1 aliphatic heterocycles. The van der Waals surface area contributed by atoms with Crippen LogP contribution in [-0.2, 0) is 9.53 Å². The zero-order valence-electron chi connectivity index (χ0n) is 10.8. The van der Waals surface area contributed by atoms with Crippen LogP contribution in [0.2, 0.25) is 0 Å². The Balaban J connectivity index is 1.74. The third kappa shape index (κ3) is 2.91. The number of hydrogen-bond acceptors (Lipinski definition) is 4. The zero-order chi connectivity index (χ0) is 14.1. The molecule has 1 aliphatic rings. The average Bonchev–Trinajstić information content (AvgIpc) is 2.98. The molecule has 0 radical (unpaired) electrons. The van der Waals surface area contributed by atoms with Gasteiger partial charge in [0.1, 0.15) is 11.4 Å². The van der Waals surface area contributed by atoms with Crippen LogP contribution in [0.25, 0.3) is 11.3 Å². The van der Waals surface area contributed by atoms with E-state index in [1.54, 1.807) is 6.20 Å². The van der Waals surface area contributed by atoms with E-state index in [0.717, 1.165) is 27.3 Å². The Bertz CT molecular complexity index is 626. The van der Waals surface area contributed by atoms with E-state index < -0.39 is 0 Å². The summed E-state index contributed by atoms with van der Waals surface area (Å²) in [6.07, 6.45) is 2.52. The van der Waals surface area contributed by atoms with Gasteiger partial charge in [-0.2, -0.15) is 0 Å². The van der Waals surface area contributed by atoms with Gasteiger partial charge in [-0.05, 0) is 24.6 Å². The number of ether oxygens (including phenoxy) is 1. The minimum atomic E-state index is -0.158. The van der Waals surface area contributed by atoms with E-state index in [2.05, 4.69) is 25.9 Å². The number of carbonyl (C=O) groups is 1. The molecule has 6 heteroatoms. The highest BCUT2D eigenvalue weighted by Crippen LogP contribution is 2.31. The van der Waals surface area contributed by atoms with Gasteiger partial charge in [0.2, 0.25) is 0 Å². The van der Waals surface area contributed by atoms with E-state index in [-0.39, 0.29) is 17.3 Å². The summed E-state index contributed by atoms with van der Waals surface area (Å²) in [6, 6.07) is 7.99. The molecule has 0 bridgehead atoms. The first-order chi connectivity index (χ1) is 9.61. The number of aromatic nitrogens is 2. The van der Waals surface area contributed by atoms with Crippen molar-refractivity contribution in [2.24, 2.45) is 0 Å². The van der Waals surface area contributed by atoms with Crippen LogP contribution in [0.15, 0.2) is 40.1 Å². The van der Waals surface area contributed by atoms with Crippen molar-refractivity contribution in [2.45, 2.75) is 29.9 Å². The van der Waals surface area contributed by atoms with Crippen molar-refractivity contribution in [3.63, 3.8) is 0 Å². The SMILES string of the molecule is C[C@@H]1C[C@H](Sc2ncc(-c3ccc(Br)cc3)[nH]2)C(=O)O1. The van der Waals surface area contributed by atoms with E-state index in [1.807, 2.05) is 31.2 Å². The van der Waals surface area contributed by atoms with E-state index in [9.17, 15) is 4.79 Å². The minimum absolute atomic E-state index is 0.000839. The van der Waals surface area contributed by atoms with Gasteiger partial charge in [0.05, 0.1) is 11.9 Å². The molecule has 1 aromatic heterocycles. The number of thioether (sulfide) groups is 1. The highest BCUT2D eigenvalue weighted by Gasteiger charge is 2.33. The molecule has 2 aromatic rings. The molecule has 1 saturated heterocycles. The number of H-pyrrole nitrogens is 1. The number of imidazole rings is 1. The van der Waals surface area contributed by atoms with Gasteiger partial charge in [0, 0.05) is 10.9 Å². The second-order valence-corrected chi connectivity index (χ2v) is 6.81. The number of benzene rings is 1. The largest absolute Gasteiger partial charge is 0.462 e. The van der Waals surface area contributed by atoms with Gasteiger partial charge in [-0.15, -0.1) is 0 Å². The van der Waals surface area contributed by atoms with E-state index in [0.29, 0.717) is 0 Å². The summed E-state index contributed by atoms with van der Waals surface area (Å²) in [7, 11) is 0. The fourth-order valence-electron chi connectivity index (χ4n) is 2.09. The highest BCUT2D eigenvalue weighted by atomic mass is 79.9. The molecule has 104 valence electrons. The van der Waals surface area contributed by atoms with Crippen molar-refractivity contribution in [3.05, 3.63) is 34.9 Å². The van der Waals surface area contributed by atoms with Crippen LogP contribution in [0.3, 0.4) is 0 Å². The van der Waals surface area contributed by atoms with Crippen LogP contribution in [0.1, 0.15) is 13.3 Å². The standard InChI is InChI=1S/C14H13BrN2O2S/c1-8-6-12(13(18)19-8)20-14-16-7-11(17-14)9-2-4-10(15)5-3-9/h2-5,7-8,12H,6H2,1H3,(H,16,17)/t8-,12+/m1/s1. The highest BCUT2D eigenvalue weighted by molar-refractivity contribution is 9.10. The smallest absolute Gasteiger partial charge is 0.319 e. The Kier molecular flexibility index (Phi) is 3.85. The molecule has 20 heavy (non-hydrogen) atoms. The summed E-state index contributed by atoms with van der Waals surface area (Å²) in [4.78, 5) is 19.2. The van der Waals surface area contributed by atoms with Gasteiger partial charge in [0.25, 0.3) is 0 Å². The lowest BCUT2D eigenvalue weighted by Crippen LogP contribution is -2.09. The van der Waals surface area contributed by atoms with Gasteiger partial charge in [-0.3, -0.25) is 4.79 Å². The van der Waals surface area contributed by atoms with Crippen LogP contribution in [0.4, 0.5) is 0 Å². The maximum Gasteiger partial charge on any atom is 0.319 e. The first kappa shape index (κ1) is 13.7. The number of aromatic amines is 1. The normalized spacial score (nSPS) is 22.0. The van der Waals surface area contributed by atoms with E-state index in [1.165, 1.54) is 11.8 Å². The van der Waals surface area contributed by atoms with Crippen LogP contribution in [0, 0.1) is 0 Å². The molecule has 0 spiro atoms. The molecule has 2 heterocycles. The molecule has 0 aliphatic carbocycles. The van der Waals surface area contributed by atoms with Crippen molar-refractivity contribution in [3.8, 4) is 11.3 Å². The van der Waals surface area contributed by atoms with Gasteiger partial charge >= 0.3 is 5.97 Å². The molecule has 1 fully saturated rings. The fraction of sp³-hybridized carbons (Fsp3) is 0.286. The topological polar surface area (TPSA) is 55.0 Å². The summed E-state index contributed by atoms with van der Waals surface area (Å²) < 4.78 is 6.18. The summed E-state index contributed by atoms with van der Waals surface area (Å²) in [5.41, 5.74) is 2.01. The lowest BCUT2D eigenvalue weighted by molar-refractivity contribution is -0.140. The molecule has 3 rings (SSSR count). The molecule has 0 unspecified atom stereocenters. The lowest BCUT2D eigenvalue weighted by atomic mass is 10.2. The Morgan fingerprint density at radius 3 is 2.80 bits per heavy atom. The van der Waals surface area contributed by atoms with Crippen molar-refractivity contribution in [1.82, 2.24) is 9.97 Å². The summed E-state index contributed by atoms with van der Waals surface area (Å²) >= 11 is 4.84. The summed E-state index contributed by atoms with van der Waals surface area (Å²) in [5.74, 6) is -0.149. The molecular weight excluding hydrogens is 340 g/mol. The van der Waals surface area contributed by atoms with Gasteiger partial charge in [0.15, 0.2) is 5.16 Å². The number of hydrogen-bond donors (Lipinski definition) is 1. The zero-order valence-corrected chi connectivity index (χ0v) is 13.2. The first-order valence-corrected chi connectivity index (χ1v) is 7.97. The summed E-state index contributed by atoms with van der Waals surface area (Å²) in [6.45, 7) is 1.91. The quantitative estimate of drug-likeness (QED) is 0.856. The monoisotopic (exact) mass is 352 g/mol. The van der Waals surface area contributed by atoms with Crippen LogP contribution >= 0.6 is 27.7 Å². The third-order valence-corrected chi connectivity index (χ3v) is 4.72. The predicted octanol–water partition coefficient (Wildman–Crippen LogP) is 3.64. The lowest BCUT2D eigenvalue weighted by Gasteiger charge is -2.01. The predicted molar refractivity (Wildman–Crippen MR) is 81.5 cm³/mol. The van der Waals surface area contributed by atoms with Crippen LogP contribution in [0.5, 0.6) is 0 Å². The average molecular weight is 353 g/mol. The van der Waals surface area contributed by atoms with Crippen LogP contribution < -0.4 is 0 Å². The van der Waals surface area contributed by atoms with Crippen LogP contribution in [-0.4, -0.2) is 27.3 Å². The van der Waals surface area contributed by atoms with Crippen molar-refractivity contribution in [1.29, 1.82) is 0 Å². The van der Waals surface area contributed by atoms with E-state index in [4.69, 9.17) is 4.74 Å². The summed E-state index contributed by atoms with van der Waals surface area (Å²) in [5, 5.41) is 0.591. The number of rotatable bonds is 3. The molecule has 1 aromatic carbocycles. The Labute approximate surface area is 129 Å². The van der Waals surface area contributed by atoms with Gasteiger partial charge in [-0.1, -0.05) is 39.8 Å². The number of nitrogens with one attached hydrogen (secondary N) is 1. The molecule has 0 amide bonds. The maximum atomic E-state index is 11.6. The Morgan fingerprint density at radius 2 is 2.15 bits per heavy atom. The number of carbonyl (C=O) groups excluding carboxylic acids is 1. The van der Waals surface area contributed by atoms with Crippen molar-refractivity contribution in [2.75, 3.05) is 0 Å². The molecular formula is C14H13BrN2O2S. The molecule has 0 saturated carbocycles. The Hall–Kier alpha value is -1.27. The number of nitrogens with zero attached hydrogens (tertiary/aromatic N) is 1. The maximum absolute atomic E-state index is 11.6. The number of esters is 1. The number of cyclic esters (lactones) is 1. The van der Waals surface area contributed by atoms with E-state index >= 15 is 0 Å². The van der Waals surface area contributed by atoms with Crippen molar-refractivity contribution < 1.29 is 9.53 Å². The van der Waals surface area contributed by atoms with Gasteiger partial charge < -0.3 is 9.72 Å². The third-order valence-electron chi connectivity index (χ3n) is 3.09. The molecule has 2 atom stereocenters. The minimum Gasteiger partial charge on any atom is -0.462 e. The second-order valence-electron chi connectivity index (χ2n) is 4.70. The fourth-order valence-corrected chi connectivity index (χ4v) is 3.43. The molecule has 1 N–H and O–H groups in total. The first-order valence-electron chi connectivity index (χ1n) is 6.30. The second kappa shape index (κ2) is 5.61.